The summed E-state index contributed by atoms with van der Waals surface area (Å²) in [5.41, 5.74) is 1.37. The zero-order valence-corrected chi connectivity index (χ0v) is 20.1. The van der Waals surface area contributed by atoms with E-state index in [0.29, 0.717) is 30.4 Å². The highest BCUT2D eigenvalue weighted by Crippen LogP contribution is 2.43. The number of Topliss-reactive ketones (excluding diaryl/α,β-unsaturated/α-hetero) is 1. The maximum absolute atomic E-state index is 13.3. The molecule has 0 radical (unpaired) electrons. The van der Waals surface area contributed by atoms with Crippen LogP contribution in [0.25, 0.3) is 5.76 Å². The summed E-state index contributed by atoms with van der Waals surface area (Å²) < 4.78 is 11.4. The highest BCUT2D eigenvalue weighted by atomic mass is 16.5. The number of ketones is 1. The molecule has 2 aromatic rings. The second-order valence-electron chi connectivity index (χ2n) is 9.38. The summed E-state index contributed by atoms with van der Waals surface area (Å²) in [6, 6.07) is 13.8. The van der Waals surface area contributed by atoms with Crippen LogP contribution in [-0.2, 0) is 9.59 Å². The lowest BCUT2D eigenvalue weighted by Crippen LogP contribution is -2.37. The summed E-state index contributed by atoms with van der Waals surface area (Å²) >= 11 is 0. The number of nitrogens with zero attached hydrogens (tertiary/aromatic N) is 1. The number of carbonyl (C=O) groups is 2. The standard InChI is InChI=1S/C28H33NO5/c1-4-33-22-14-12-19(13-15-22)25-24(27(31)28(32)29(25)21-9-5-6-10-21)26(30)20-8-7-11-23(16-20)34-17-18(2)3/h7-8,11-16,18,21,25,30H,4-6,9-10,17H2,1-3H3/b26-24-. The average molecular weight is 464 g/mol. The van der Waals surface area contributed by atoms with Gasteiger partial charge in [-0.15, -0.1) is 0 Å². The molecule has 1 amide bonds. The Kier molecular flexibility index (Phi) is 7.25. The van der Waals surface area contributed by atoms with Crippen LogP contribution in [-0.4, -0.2) is 41.0 Å². The van der Waals surface area contributed by atoms with Crippen molar-refractivity contribution in [3.8, 4) is 11.5 Å². The van der Waals surface area contributed by atoms with E-state index in [0.717, 1.165) is 37.0 Å². The van der Waals surface area contributed by atoms with E-state index in [1.807, 2.05) is 37.3 Å². The van der Waals surface area contributed by atoms with Crippen molar-refractivity contribution in [3.63, 3.8) is 0 Å². The summed E-state index contributed by atoms with van der Waals surface area (Å²) in [5, 5.41) is 11.3. The third-order valence-corrected chi connectivity index (χ3v) is 6.40. The number of likely N-dealkylation sites (tertiary alicyclic amines) is 1. The monoisotopic (exact) mass is 463 g/mol. The van der Waals surface area contributed by atoms with E-state index in [9.17, 15) is 14.7 Å². The van der Waals surface area contributed by atoms with Gasteiger partial charge < -0.3 is 19.5 Å². The Morgan fingerprint density at radius 2 is 1.74 bits per heavy atom. The van der Waals surface area contributed by atoms with Crippen LogP contribution in [0.15, 0.2) is 54.1 Å². The van der Waals surface area contributed by atoms with Crippen molar-refractivity contribution >= 4 is 17.4 Å². The third kappa shape index (κ3) is 4.81. The van der Waals surface area contributed by atoms with Crippen molar-refractivity contribution in [2.24, 2.45) is 5.92 Å². The van der Waals surface area contributed by atoms with Crippen molar-refractivity contribution in [2.75, 3.05) is 13.2 Å². The fraction of sp³-hybridized carbons (Fsp3) is 0.429. The van der Waals surface area contributed by atoms with E-state index < -0.39 is 17.7 Å². The SMILES string of the molecule is CCOc1ccc(C2/C(=C(/O)c3cccc(OCC(C)C)c3)C(=O)C(=O)N2C2CCCC2)cc1. The van der Waals surface area contributed by atoms with Crippen molar-refractivity contribution < 1.29 is 24.2 Å². The number of hydrogen-bond acceptors (Lipinski definition) is 5. The minimum absolute atomic E-state index is 0.0148. The maximum atomic E-state index is 13.3. The third-order valence-electron chi connectivity index (χ3n) is 6.40. The molecule has 0 spiro atoms. The van der Waals surface area contributed by atoms with E-state index >= 15 is 0 Å². The number of rotatable bonds is 8. The number of benzene rings is 2. The summed E-state index contributed by atoms with van der Waals surface area (Å²) in [6.45, 7) is 7.13. The molecular formula is C28H33NO5. The lowest BCUT2D eigenvalue weighted by atomic mass is 9.94. The zero-order valence-electron chi connectivity index (χ0n) is 20.1. The van der Waals surface area contributed by atoms with Crippen LogP contribution >= 0.6 is 0 Å². The zero-order chi connectivity index (χ0) is 24.2. The van der Waals surface area contributed by atoms with E-state index in [1.165, 1.54) is 0 Å². The minimum Gasteiger partial charge on any atom is -0.507 e. The number of aliphatic hydroxyl groups excluding tert-OH is 1. The fourth-order valence-electron chi connectivity index (χ4n) is 4.80. The van der Waals surface area contributed by atoms with Gasteiger partial charge >= 0.3 is 0 Å². The predicted octanol–water partition coefficient (Wildman–Crippen LogP) is 5.48. The van der Waals surface area contributed by atoms with Gasteiger partial charge in [0.2, 0.25) is 0 Å². The molecule has 4 rings (SSSR count). The Labute approximate surface area is 201 Å². The van der Waals surface area contributed by atoms with Gasteiger partial charge in [-0.1, -0.05) is 51.0 Å². The lowest BCUT2D eigenvalue weighted by Gasteiger charge is -2.30. The summed E-state index contributed by atoms with van der Waals surface area (Å²) in [5.74, 6) is 0.331. The second kappa shape index (κ2) is 10.3. The van der Waals surface area contributed by atoms with Crippen molar-refractivity contribution in [1.29, 1.82) is 0 Å². The molecule has 2 aliphatic rings. The highest BCUT2D eigenvalue weighted by molar-refractivity contribution is 6.46. The molecule has 1 saturated heterocycles. The molecular weight excluding hydrogens is 430 g/mol. The van der Waals surface area contributed by atoms with Crippen molar-refractivity contribution in [1.82, 2.24) is 4.90 Å². The van der Waals surface area contributed by atoms with Crippen molar-refractivity contribution in [2.45, 2.75) is 58.5 Å². The van der Waals surface area contributed by atoms with Crippen LogP contribution in [0.2, 0.25) is 0 Å². The van der Waals surface area contributed by atoms with Gasteiger partial charge in [0.1, 0.15) is 17.3 Å². The van der Waals surface area contributed by atoms with Gasteiger partial charge in [-0.05, 0) is 55.5 Å². The van der Waals surface area contributed by atoms with Crippen LogP contribution < -0.4 is 9.47 Å². The number of ether oxygens (including phenoxy) is 2. The summed E-state index contributed by atoms with van der Waals surface area (Å²) in [6.07, 6.45) is 3.77. The van der Waals surface area contributed by atoms with Gasteiger partial charge in [-0.2, -0.15) is 0 Å². The maximum Gasteiger partial charge on any atom is 0.295 e. The molecule has 1 atom stereocenters. The first kappa shape index (κ1) is 23.9. The van der Waals surface area contributed by atoms with E-state index in [-0.39, 0.29) is 17.4 Å². The summed E-state index contributed by atoms with van der Waals surface area (Å²) in [7, 11) is 0. The number of hydrogen-bond donors (Lipinski definition) is 1. The largest absolute Gasteiger partial charge is 0.507 e. The first-order valence-electron chi connectivity index (χ1n) is 12.2. The Hall–Kier alpha value is -3.28. The Balaban J connectivity index is 1.78. The van der Waals surface area contributed by atoms with Gasteiger partial charge in [-0.3, -0.25) is 9.59 Å². The van der Waals surface area contributed by atoms with E-state index in [1.54, 1.807) is 23.1 Å². The van der Waals surface area contributed by atoms with Crippen LogP contribution in [0.5, 0.6) is 11.5 Å². The van der Waals surface area contributed by atoms with Crippen LogP contribution in [0.3, 0.4) is 0 Å². The molecule has 180 valence electrons. The molecule has 2 aromatic carbocycles. The second-order valence-corrected chi connectivity index (χ2v) is 9.38. The molecule has 1 aliphatic heterocycles. The molecule has 6 heteroatoms. The average Bonchev–Trinajstić information content (AvgIpc) is 3.45. The number of aliphatic hydroxyl groups is 1. The molecule has 1 saturated carbocycles. The van der Waals surface area contributed by atoms with Gasteiger partial charge in [0, 0.05) is 11.6 Å². The van der Waals surface area contributed by atoms with Gasteiger partial charge in [0.15, 0.2) is 0 Å². The first-order chi connectivity index (χ1) is 16.4. The molecule has 1 aliphatic carbocycles. The number of amides is 1. The Morgan fingerprint density at radius 1 is 1.03 bits per heavy atom. The number of carbonyl (C=O) groups excluding carboxylic acids is 2. The topological polar surface area (TPSA) is 76.1 Å². The molecule has 0 aromatic heterocycles. The highest BCUT2D eigenvalue weighted by Gasteiger charge is 2.49. The summed E-state index contributed by atoms with van der Waals surface area (Å²) in [4.78, 5) is 28.2. The quantitative estimate of drug-likeness (QED) is 0.319. The normalized spacial score (nSPS) is 20.4. The Bertz CT molecular complexity index is 1070. The minimum atomic E-state index is -0.642. The predicted molar refractivity (Wildman–Crippen MR) is 131 cm³/mol. The molecule has 6 nitrogen and oxygen atoms in total. The molecule has 2 fully saturated rings. The molecule has 1 heterocycles. The molecule has 34 heavy (non-hydrogen) atoms. The first-order valence-corrected chi connectivity index (χ1v) is 12.2. The molecule has 1 unspecified atom stereocenters. The van der Waals surface area contributed by atoms with Crippen molar-refractivity contribution in [3.05, 3.63) is 65.2 Å². The van der Waals surface area contributed by atoms with Gasteiger partial charge in [-0.25, -0.2) is 0 Å². The fourth-order valence-corrected chi connectivity index (χ4v) is 4.80. The van der Waals surface area contributed by atoms with Crippen LogP contribution in [0.1, 0.15) is 63.6 Å². The molecule has 0 bridgehead atoms. The van der Waals surface area contributed by atoms with E-state index in [4.69, 9.17) is 9.47 Å². The molecule has 1 N–H and O–H groups in total. The Morgan fingerprint density at radius 3 is 2.38 bits per heavy atom. The lowest BCUT2D eigenvalue weighted by molar-refractivity contribution is -0.141. The van der Waals surface area contributed by atoms with E-state index in [2.05, 4.69) is 13.8 Å². The van der Waals surface area contributed by atoms with Crippen LogP contribution in [0.4, 0.5) is 0 Å². The van der Waals surface area contributed by atoms with Crippen LogP contribution in [0, 0.1) is 5.92 Å². The smallest absolute Gasteiger partial charge is 0.295 e. The van der Waals surface area contributed by atoms with Gasteiger partial charge in [0.05, 0.1) is 24.8 Å². The van der Waals surface area contributed by atoms with Gasteiger partial charge in [0.25, 0.3) is 11.7 Å².